The van der Waals surface area contributed by atoms with E-state index in [9.17, 15) is 5.11 Å². The molecule has 1 rings (SSSR count). The fourth-order valence-corrected chi connectivity index (χ4v) is 1.59. The Kier molecular flexibility index (Phi) is 4.78. The zero-order chi connectivity index (χ0) is 12.9. The van der Waals surface area contributed by atoms with Crippen molar-refractivity contribution in [3.63, 3.8) is 0 Å². The van der Waals surface area contributed by atoms with Gasteiger partial charge in [0.15, 0.2) is 11.5 Å². The predicted octanol–water partition coefficient (Wildman–Crippen LogP) is 1.92. The van der Waals surface area contributed by atoms with Gasteiger partial charge in [0.2, 0.25) is 0 Å². The maximum Gasteiger partial charge on any atom is 0.160 e. The zero-order valence-corrected chi connectivity index (χ0v) is 10.9. The monoisotopic (exact) mass is 239 g/mol. The second-order valence-electron chi connectivity index (χ2n) is 4.68. The third-order valence-electron chi connectivity index (χ3n) is 2.52. The summed E-state index contributed by atoms with van der Waals surface area (Å²) >= 11 is 0. The largest absolute Gasteiger partial charge is 0.504 e. The van der Waals surface area contributed by atoms with Crippen LogP contribution < -0.4 is 10.1 Å². The molecule has 0 bridgehead atoms. The molecular formula is C13H21NO3. The zero-order valence-electron chi connectivity index (χ0n) is 10.9. The molecule has 0 aromatic heterocycles. The summed E-state index contributed by atoms with van der Waals surface area (Å²) in [6.45, 7) is 5.50. The molecule has 2 N–H and O–H groups in total. The normalized spacial score (nSPS) is 11.5. The quantitative estimate of drug-likeness (QED) is 0.796. The van der Waals surface area contributed by atoms with Gasteiger partial charge in [0.05, 0.1) is 13.7 Å². The van der Waals surface area contributed by atoms with Crippen LogP contribution in [0.4, 0.5) is 0 Å². The lowest BCUT2D eigenvalue weighted by atomic mass is 10.1. The van der Waals surface area contributed by atoms with Crippen LogP contribution in [0.5, 0.6) is 11.5 Å². The molecule has 0 amide bonds. The molecule has 0 unspecified atom stereocenters. The lowest BCUT2D eigenvalue weighted by Crippen LogP contribution is -2.42. The van der Waals surface area contributed by atoms with Crippen molar-refractivity contribution in [3.05, 3.63) is 23.8 Å². The standard InChI is InChI=1S/C13H21NO3/c1-13(2,9-16-3)14-8-10-5-6-11(15)12(7-10)17-4/h5-7,14-15H,8-9H2,1-4H3. The van der Waals surface area contributed by atoms with Gasteiger partial charge in [-0.25, -0.2) is 0 Å². The summed E-state index contributed by atoms with van der Waals surface area (Å²) in [5, 5.41) is 12.9. The van der Waals surface area contributed by atoms with E-state index in [1.807, 2.05) is 12.1 Å². The van der Waals surface area contributed by atoms with Gasteiger partial charge in [0.25, 0.3) is 0 Å². The summed E-state index contributed by atoms with van der Waals surface area (Å²) < 4.78 is 10.2. The first-order chi connectivity index (χ1) is 7.98. The van der Waals surface area contributed by atoms with E-state index in [1.165, 1.54) is 0 Å². The molecule has 0 spiro atoms. The van der Waals surface area contributed by atoms with Crippen LogP contribution in [-0.2, 0) is 11.3 Å². The van der Waals surface area contributed by atoms with Crippen molar-refractivity contribution in [2.75, 3.05) is 20.8 Å². The van der Waals surface area contributed by atoms with Crippen molar-refractivity contribution < 1.29 is 14.6 Å². The molecule has 0 fully saturated rings. The van der Waals surface area contributed by atoms with Gasteiger partial charge in [-0.3, -0.25) is 0 Å². The highest BCUT2D eigenvalue weighted by Crippen LogP contribution is 2.26. The Morgan fingerprint density at radius 2 is 2.00 bits per heavy atom. The minimum absolute atomic E-state index is 0.0835. The van der Waals surface area contributed by atoms with Gasteiger partial charge in [0, 0.05) is 19.2 Å². The first-order valence-corrected chi connectivity index (χ1v) is 5.58. The van der Waals surface area contributed by atoms with Gasteiger partial charge >= 0.3 is 0 Å². The van der Waals surface area contributed by atoms with Gasteiger partial charge in [-0.05, 0) is 31.5 Å². The molecule has 0 radical (unpaired) electrons. The average molecular weight is 239 g/mol. The molecule has 4 heteroatoms. The molecule has 0 saturated heterocycles. The van der Waals surface area contributed by atoms with Crippen molar-refractivity contribution in [2.24, 2.45) is 0 Å². The predicted molar refractivity (Wildman–Crippen MR) is 67.5 cm³/mol. The van der Waals surface area contributed by atoms with E-state index in [1.54, 1.807) is 20.3 Å². The summed E-state index contributed by atoms with van der Waals surface area (Å²) in [5.41, 5.74) is 0.976. The molecule has 1 aromatic carbocycles. The highest BCUT2D eigenvalue weighted by atomic mass is 16.5. The molecule has 0 saturated carbocycles. The second kappa shape index (κ2) is 5.89. The average Bonchev–Trinajstić information content (AvgIpc) is 2.28. The number of nitrogens with one attached hydrogen (secondary N) is 1. The minimum atomic E-state index is -0.0835. The Morgan fingerprint density at radius 3 is 2.59 bits per heavy atom. The molecule has 4 nitrogen and oxygen atoms in total. The SMILES string of the molecule is COCC(C)(C)NCc1ccc(O)c(OC)c1. The fourth-order valence-electron chi connectivity index (χ4n) is 1.59. The van der Waals surface area contributed by atoms with Crippen molar-refractivity contribution in [3.8, 4) is 11.5 Å². The lowest BCUT2D eigenvalue weighted by Gasteiger charge is -2.25. The third kappa shape index (κ3) is 4.24. The van der Waals surface area contributed by atoms with Crippen LogP contribution in [0.15, 0.2) is 18.2 Å². The maximum absolute atomic E-state index is 9.48. The number of hydrogen-bond donors (Lipinski definition) is 2. The number of benzene rings is 1. The maximum atomic E-state index is 9.48. The summed E-state index contributed by atoms with van der Waals surface area (Å²) in [7, 11) is 3.23. The molecule has 0 aliphatic rings. The first-order valence-electron chi connectivity index (χ1n) is 5.58. The molecule has 0 aliphatic heterocycles. The number of phenols is 1. The molecule has 0 aliphatic carbocycles. The third-order valence-corrected chi connectivity index (χ3v) is 2.52. The summed E-state index contributed by atoms with van der Waals surface area (Å²) in [6.07, 6.45) is 0. The molecule has 96 valence electrons. The van der Waals surface area contributed by atoms with E-state index in [0.717, 1.165) is 5.56 Å². The number of aromatic hydroxyl groups is 1. The minimum Gasteiger partial charge on any atom is -0.504 e. The van der Waals surface area contributed by atoms with E-state index < -0.39 is 0 Å². The molecule has 17 heavy (non-hydrogen) atoms. The van der Waals surface area contributed by atoms with E-state index in [4.69, 9.17) is 9.47 Å². The number of hydrogen-bond acceptors (Lipinski definition) is 4. The fraction of sp³-hybridized carbons (Fsp3) is 0.538. The number of rotatable bonds is 6. The first kappa shape index (κ1) is 13.8. The van der Waals surface area contributed by atoms with Crippen LogP contribution in [0.2, 0.25) is 0 Å². The molecule has 1 aromatic rings. The van der Waals surface area contributed by atoms with Gasteiger partial charge < -0.3 is 19.9 Å². The lowest BCUT2D eigenvalue weighted by molar-refractivity contribution is 0.127. The highest BCUT2D eigenvalue weighted by Gasteiger charge is 2.16. The van der Waals surface area contributed by atoms with Crippen molar-refractivity contribution in [1.29, 1.82) is 0 Å². The van der Waals surface area contributed by atoms with Crippen molar-refractivity contribution in [2.45, 2.75) is 25.9 Å². The van der Waals surface area contributed by atoms with Gasteiger partial charge in [-0.2, -0.15) is 0 Å². The van der Waals surface area contributed by atoms with Gasteiger partial charge in [0.1, 0.15) is 0 Å². The van der Waals surface area contributed by atoms with Crippen LogP contribution in [-0.4, -0.2) is 31.5 Å². The topological polar surface area (TPSA) is 50.7 Å². The van der Waals surface area contributed by atoms with Crippen LogP contribution in [0.1, 0.15) is 19.4 Å². The Bertz CT molecular complexity index is 364. The summed E-state index contributed by atoms with van der Waals surface area (Å²) in [5.74, 6) is 0.654. The van der Waals surface area contributed by atoms with Crippen molar-refractivity contribution >= 4 is 0 Å². The highest BCUT2D eigenvalue weighted by molar-refractivity contribution is 5.41. The number of ether oxygens (including phenoxy) is 2. The molecule has 0 heterocycles. The number of phenolic OH excluding ortho intramolecular Hbond substituents is 1. The van der Waals surface area contributed by atoms with E-state index in [2.05, 4.69) is 19.2 Å². The molecular weight excluding hydrogens is 218 g/mol. The number of methoxy groups -OCH3 is 2. The Morgan fingerprint density at radius 1 is 1.29 bits per heavy atom. The van der Waals surface area contributed by atoms with Crippen molar-refractivity contribution in [1.82, 2.24) is 5.32 Å². The van der Waals surface area contributed by atoms with Gasteiger partial charge in [-0.15, -0.1) is 0 Å². The molecule has 0 atom stereocenters. The van der Waals surface area contributed by atoms with E-state index >= 15 is 0 Å². The van der Waals surface area contributed by atoms with Crippen LogP contribution in [0, 0.1) is 0 Å². The Hall–Kier alpha value is -1.26. The van der Waals surface area contributed by atoms with E-state index in [-0.39, 0.29) is 11.3 Å². The Balaban J connectivity index is 2.63. The van der Waals surface area contributed by atoms with Crippen LogP contribution in [0.3, 0.4) is 0 Å². The smallest absolute Gasteiger partial charge is 0.160 e. The van der Waals surface area contributed by atoms with E-state index in [0.29, 0.717) is 18.9 Å². The van der Waals surface area contributed by atoms with Crippen LogP contribution >= 0.6 is 0 Å². The Labute approximate surface area is 103 Å². The van der Waals surface area contributed by atoms with Crippen LogP contribution in [0.25, 0.3) is 0 Å². The van der Waals surface area contributed by atoms with Gasteiger partial charge in [-0.1, -0.05) is 6.07 Å². The summed E-state index contributed by atoms with van der Waals surface area (Å²) in [6, 6.07) is 5.33. The summed E-state index contributed by atoms with van der Waals surface area (Å²) in [4.78, 5) is 0. The second-order valence-corrected chi connectivity index (χ2v) is 4.68.